The largest absolute Gasteiger partial charge is 0.486 e. The molecule has 0 saturated carbocycles. The number of fused-ring (bicyclic) bond motifs is 2. The molecule has 2 aliphatic rings. The van der Waals surface area contributed by atoms with E-state index in [1.165, 1.54) is 0 Å². The van der Waals surface area contributed by atoms with Gasteiger partial charge in [0.05, 0.1) is 10.0 Å². The van der Waals surface area contributed by atoms with Crippen LogP contribution < -0.4 is 14.8 Å². The van der Waals surface area contributed by atoms with Crippen molar-refractivity contribution in [1.82, 2.24) is 0 Å². The van der Waals surface area contributed by atoms with Gasteiger partial charge in [-0.05, 0) is 29.3 Å². The standard InChI is InChI=1S/C17H13Cl2NO3/c18-12-2-1-9(5-13(12)19)10-7-17(21)20-14-8-16-15(6-11(10)14)22-3-4-23-16/h1-2,5-6,8,10H,3-4,7H2,(H,20,21). The second-order valence-corrected chi connectivity index (χ2v) is 6.38. The van der Waals surface area contributed by atoms with Gasteiger partial charge in [0, 0.05) is 24.1 Å². The molecule has 23 heavy (non-hydrogen) atoms. The third-order valence-electron chi connectivity index (χ3n) is 4.10. The molecule has 0 radical (unpaired) electrons. The molecule has 1 amide bonds. The van der Waals surface area contributed by atoms with Gasteiger partial charge < -0.3 is 14.8 Å². The lowest BCUT2D eigenvalue weighted by molar-refractivity contribution is -0.116. The highest BCUT2D eigenvalue weighted by atomic mass is 35.5. The first-order chi connectivity index (χ1) is 11.1. The Bertz CT molecular complexity index is 807. The van der Waals surface area contributed by atoms with E-state index in [0.717, 1.165) is 16.8 Å². The number of nitrogens with one attached hydrogen (secondary N) is 1. The van der Waals surface area contributed by atoms with Gasteiger partial charge in [0.2, 0.25) is 5.91 Å². The Morgan fingerprint density at radius 2 is 1.74 bits per heavy atom. The molecular weight excluding hydrogens is 337 g/mol. The maximum absolute atomic E-state index is 12.1. The molecule has 2 aromatic rings. The van der Waals surface area contributed by atoms with E-state index in [9.17, 15) is 4.79 Å². The summed E-state index contributed by atoms with van der Waals surface area (Å²) < 4.78 is 11.2. The molecule has 0 aliphatic carbocycles. The van der Waals surface area contributed by atoms with Crippen LogP contribution in [0.1, 0.15) is 23.5 Å². The summed E-state index contributed by atoms with van der Waals surface area (Å²) in [5, 5.41) is 3.88. The second kappa shape index (κ2) is 5.62. The van der Waals surface area contributed by atoms with E-state index in [0.29, 0.717) is 41.2 Å². The number of ether oxygens (including phenoxy) is 2. The van der Waals surface area contributed by atoms with Crippen LogP contribution in [0.3, 0.4) is 0 Å². The molecule has 4 nitrogen and oxygen atoms in total. The van der Waals surface area contributed by atoms with Crippen molar-refractivity contribution in [3.05, 3.63) is 51.5 Å². The molecule has 0 saturated heterocycles. The molecule has 0 bridgehead atoms. The van der Waals surface area contributed by atoms with Crippen molar-refractivity contribution >= 4 is 34.8 Å². The van der Waals surface area contributed by atoms with Gasteiger partial charge in [-0.15, -0.1) is 0 Å². The van der Waals surface area contributed by atoms with Crippen LogP contribution in [0.4, 0.5) is 5.69 Å². The van der Waals surface area contributed by atoms with Crippen molar-refractivity contribution in [2.45, 2.75) is 12.3 Å². The van der Waals surface area contributed by atoms with Crippen LogP contribution in [0, 0.1) is 0 Å². The van der Waals surface area contributed by atoms with Gasteiger partial charge >= 0.3 is 0 Å². The van der Waals surface area contributed by atoms with E-state index < -0.39 is 0 Å². The molecule has 2 heterocycles. The molecule has 6 heteroatoms. The predicted molar refractivity (Wildman–Crippen MR) is 89.0 cm³/mol. The third-order valence-corrected chi connectivity index (χ3v) is 4.84. The summed E-state index contributed by atoms with van der Waals surface area (Å²) >= 11 is 12.1. The highest BCUT2D eigenvalue weighted by Crippen LogP contribution is 2.44. The minimum Gasteiger partial charge on any atom is -0.486 e. The number of rotatable bonds is 1. The fourth-order valence-electron chi connectivity index (χ4n) is 3.02. The van der Waals surface area contributed by atoms with E-state index >= 15 is 0 Å². The van der Waals surface area contributed by atoms with E-state index in [1.807, 2.05) is 24.3 Å². The summed E-state index contributed by atoms with van der Waals surface area (Å²) in [6.07, 6.45) is 0.352. The summed E-state index contributed by atoms with van der Waals surface area (Å²) in [6.45, 7) is 1.03. The number of carbonyl (C=O) groups is 1. The summed E-state index contributed by atoms with van der Waals surface area (Å²) in [5.41, 5.74) is 2.70. The van der Waals surface area contributed by atoms with Gasteiger partial charge in [-0.25, -0.2) is 0 Å². The smallest absolute Gasteiger partial charge is 0.225 e. The molecule has 1 unspecified atom stereocenters. The number of hydrogen-bond acceptors (Lipinski definition) is 3. The molecular formula is C17H13Cl2NO3. The predicted octanol–water partition coefficient (Wildman–Crippen LogP) is 4.24. The maximum Gasteiger partial charge on any atom is 0.225 e. The van der Waals surface area contributed by atoms with Crippen molar-refractivity contribution in [3.8, 4) is 11.5 Å². The maximum atomic E-state index is 12.1. The topological polar surface area (TPSA) is 47.6 Å². The number of halogens is 2. The lowest BCUT2D eigenvalue weighted by atomic mass is 9.84. The van der Waals surface area contributed by atoms with E-state index in [2.05, 4.69) is 5.32 Å². The van der Waals surface area contributed by atoms with Crippen LogP contribution in [0.5, 0.6) is 11.5 Å². The van der Waals surface area contributed by atoms with Crippen molar-refractivity contribution in [2.24, 2.45) is 0 Å². The normalized spacial score (nSPS) is 19.0. The zero-order valence-corrected chi connectivity index (χ0v) is 13.6. The first-order valence-electron chi connectivity index (χ1n) is 7.30. The average molecular weight is 350 g/mol. The molecule has 2 aliphatic heterocycles. The van der Waals surface area contributed by atoms with Crippen molar-refractivity contribution < 1.29 is 14.3 Å². The summed E-state index contributed by atoms with van der Waals surface area (Å²) in [7, 11) is 0. The number of amides is 1. The van der Waals surface area contributed by atoms with Crippen LogP contribution >= 0.6 is 23.2 Å². The number of benzene rings is 2. The summed E-state index contributed by atoms with van der Waals surface area (Å²) in [4.78, 5) is 12.1. The number of anilines is 1. The number of carbonyl (C=O) groups excluding carboxylic acids is 1. The van der Waals surface area contributed by atoms with Gasteiger partial charge in [-0.1, -0.05) is 29.3 Å². The lowest BCUT2D eigenvalue weighted by Crippen LogP contribution is -2.24. The summed E-state index contributed by atoms with van der Waals surface area (Å²) in [5.74, 6) is 1.23. The Balaban J connectivity index is 1.83. The highest BCUT2D eigenvalue weighted by molar-refractivity contribution is 6.42. The van der Waals surface area contributed by atoms with Gasteiger partial charge in [0.25, 0.3) is 0 Å². The van der Waals surface area contributed by atoms with Crippen molar-refractivity contribution in [2.75, 3.05) is 18.5 Å². The van der Waals surface area contributed by atoms with Crippen LogP contribution in [0.25, 0.3) is 0 Å². The Labute approximate surface area is 143 Å². The zero-order valence-electron chi connectivity index (χ0n) is 12.1. The molecule has 0 fully saturated rings. The molecule has 1 atom stereocenters. The molecule has 4 rings (SSSR count). The monoisotopic (exact) mass is 349 g/mol. The number of hydrogen-bond donors (Lipinski definition) is 1. The highest BCUT2D eigenvalue weighted by Gasteiger charge is 2.29. The summed E-state index contributed by atoms with van der Waals surface area (Å²) in [6, 6.07) is 9.23. The van der Waals surface area contributed by atoms with Crippen LogP contribution in [-0.2, 0) is 4.79 Å². The van der Waals surface area contributed by atoms with E-state index in [1.54, 1.807) is 6.07 Å². The zero-order chi connectivity index (χ0) is 16.0. The Morgan fingerprint density at radius 1 is 1.00 bits per heavy atom. The van der Waals surface area contributed by atoms with Crippen LogP contribution in [0.2, 0.25) is 10.0 Å². The second-order valence-electron chi connectivity index (χ2n) is 5.56. The van der Waals surface area contributed by atoms with Crippen LogP contribution in [0.15, 0.2) is 30.3 Å². The molecule has 2 aromatic carbocycles. The van der Waals surface area contributed by atoms with Gasteiger partial charge in [0.1, 0.15) is 13.2 Å². The van der Waals surface area contributed by atoms with Gasteiger partial charge in [-0.3, -0.25) is 4.79 Å². The first kappa shape index (κ1) is 14.7. The average Bonchev–Trinajstić information content (AvgIpc) is 2.55. The molecule has 118 valence electrons. The molecule has 0 spiro atoms. The van der Waals surface area contributed by atoms with Gasteiger partial charge in [0.15, 0.2) is 11.5 Å². The molecule has 0 aromatic heterocycles. The quantitative estimate of drug-likeness (QED) is 0.837. The SMILES string of the molecule is O=C1CC(c2ccc(Cl)c(Cl)c2)c2cc3c(cc2N1)OCCO3. The van der Waals surface area contributed by atoms with Crippen LogP contribution in [-0.4, -0.2) is 19.1 Å². The third kappa shape index (κ3) is 2.62. The van der Waals surface area contributed by atoms with Crippen molar-refractivity contribution in [1.29, 1.82) is 0 Å². The van der Waals surface area contributed by atoms with E-state index in [4.69, 9.17) is 32.7 Å². The molecule has 1 N–H and O–H groups in total. The minimum atomic E-state index is -0.0932. The Hall–Kier alpha value is -1.91. The Kier molecular flexibility index (Phi) is 3.58. The Morgan fingerprint density at radius 3 is 2.48 bits per heavy atom. The lowest BCUT2D eigenvalue weighted by Gasteiger charge is -2.29. The fraction of sp³-hybridized carbons (Fsp3) is 0.235. The fourth-order valence-corrected chi connectivity index (χ4v) is 3.33. The van der Waals surface area contributed by atoms with Gasteiger partial charge in [-0.2, -0.15) is 0 Å². The minimum absolute atomic E-state index is 0.0368. The van der Waals surface area contributed by atoms with E-state index in [-0.39, 0.29) is 11.8 Å². The first-order valence-corrected chi connectivity index (χ1v) is 8.06. The van der Waals surface area contributed by atoms with Crippen molar-refractivity contribution in [3.63, 3.8) is 0 Å².